The summed E-state index contributed by atoms with van der Waals surface area (Å²) in [7, 11) is 0. The molecule has 2 unspecified atom stereocenters. The van der Waals surface area contributed by atoms with E-state index in [0.29, 0.717) is 11.7 Å². The summed E-state index contributed by atoms with van der Waals surface area (Å²) in [4.78, 5) is 0. The maximum atomic E-state index is 10.5. The molecule has 6 nitrogen and oxygen atoms in total. The van der Waals surface area contributed by atoms with Crippen LogP contribution >= 0.6 is 0 Å². The molecule has 1 aromatic carbocycles. The number of aliphatic hydroxyl groups is 1. The largest absolute Gasteiger partial charge is 0.507 e. The highest BCUT2D eigenvalue weighted by atomic mass is 16.5. The Labute approximate surface area is 177 Å². The lowest BCUT2D eigenvalue weighted by Gasteiger charge is -2.26. The Hall–Kier alpha value is -2.18. The van der Waals surface area contributed by atoms with Gasteiger partial charge in [0, 0.05) is 17.5 Å². The van der Waals surface area contributed by atoms with Gasteiger partial charge < -0.3 is 20.7 Å². The van der Waals surface area contributed by atoms with Gasteiger partial charge in [0.1, 0.15) is 11.4 Å². The Bertz CT molecular complexity index is 922. The van der Waals surface area contributed by atoms with Gasteiger partial charge in [0.25, 0.3) is 0 Å². The van der Waals surface area contributed by atoms with Gasteiger partial charge in [-0.2, -0.15) is 0 Å². The fourth-order valence-corrected chi connectivity index (χ4v) is 5.08. The van der Waals surface area contributed by atoms with Crippen LogP contribution in [-0.4, -0.2) is 32.6 Å². The van der Waals surface area contributed by atoms with Crippen molar-refractivity contribution in [1.29, 1.82) is 0 Å². The first kappa shape index (κ1) is 19.8. The van der Waals surface area contributed by atoms with Crippen LogP contribution in [0.3, 0.4) is 0 Å². The molecule has 6 rings (SSSR count). The standard InChI is InChI=1S/C18H19N3O2.C6H12O/c19-18-16-13(8-11-4-6-15(16)23-11)17(20-21-18)12-5-3-10(7-14(12)22)9-1-2-9;7-6-4-2-1-3-5-6/h3,5,7,9,11,15,22H,1-2,4,6,8H2,(H2,19,21);6-7H,1-5H2. The fourth-order valence-electron chi connectivity index (χ4n) is 5.08. The minimum absolute atomic E-state index is 0.0332. The van der Waals surface area contributed by atoms with Crippen LogP contribution in [0.2, 0.25) is 0 Å². The van der Waals surface area contributed by atoms with Crippen molar-refractivity contribution in [3.8, 4) is 17.0 Å². The monoisotopic (exact) mass is 409 g/mol. The van der Waals surface area contributed by atoms with Crippen LogP contribution in [0.1, 0.15) is 86.5 Å². The number of phenols is 1. The maximum absolute atomic E-state index is 10.5. The van der Waals surface area contributed by atoms with Crippen molar-refractivity contribution in [1.82, 2.24) is 10.2 Å². The minimum Gasteiger partial charge on any atom is -0.507 e. The number of nitrogens with two attached hydrogens (primary N) is 1. The molecule has 30 heavy (non-hydrogen) atoms. The summed E-state index contributed by atoms with van der Waals surface area (Å²) in [5.74, 6) is 1.36. The van der Waals surface area contributed by atoms with E-state index in [0.717, 1.165) is 54.5 Å². The zero-order valence-corrected chi connectivity index (χ0v) is 17.4. The first-order valence-corrected chi connectivity index (χ1v) is 11.4. The van der Waals surface area contributed by atoms with Crippen LogP contribution in [-0.2, 0) is 11.2 Å². The molecule has 0 radical (unpaired) electrons. The van der Waals surface area contributed by atoms with Gasteiger partial charge in [0.05, 0.1) is 18.3 Å². The third-order valence-electron chi connectivity index (χ3n) is 6.91. The van der Waals surface area contributed by atoms with Crippen molar-refractivity contribution in [3.63, 3.8) is 0 Å². The summed E-state index contributed by atoms with van der Waals surface area (Å²) in [5, 5.41) is 27.9. The van der Waals surface area contributed by atoms with E-state index < -0.39 is 0 Å². The first-order chi connectivity index (χ1) is 14.6. The van der Waals surface area contributed by atoms with Gasteiger partial charge in [0.2, 0.25) is 0 Å². The van der Waals surface area contributed by atoms with Crippen LogP contribution in [0, 0.1) is 0 Å². The second-order valence-corrected chi connectivity index (χ2v) is 9.20. The topological polar surface area (TPSA) is 101 Å². The molecule has 0 spiro atoms. The van der Waals surface area contributed by atoms with Crippen LogP contribution in [0.4, 0.5) is 5.82 Å². The number of anilines is 1. The van der Waals surface area contributed by atoms with E-state index in [1.807, 2.05) is 12.1 Å². The number of hydrogen-bond donors (Lipinski definition) is 3. The lowest BCUT2D eigenvalue weighted by molar-refractivity contribution is 0.0326. The molecular formula is C24H31N3O3. The number of rotatable bonds is 2. The quantitative estimate of drug-likeness (QED) is 0.680. The van der Waals surface area contributed by atoms with E-state index in [2.05, 4.69) is 16.3 Å². The molecule has 4 N–H and O–H groups in total. The molecule has 1 saturated heterocycles. The Morgan fingerprint density at radius 2 is 1.77 bits per heavy atom. The molecule has 2 bridgehead atoms. The summed E-state index contributed by atoms with van der Waals surface area (Å²) in [5.41, 5.74) is 10.9. The second-order valence-electron chi connectivity index (χ2n) is 9.20. The summed E-state index contributed by atoms with van der Waals surface area (Å²) < 4.78 is 5.97. The smallest absolute Gasteiger partial charge is 0.152 e. The van der Waals surface area contributed by atoms with E-state index >= 15 is 0 Å². The van der Waals surface area contributed by atoms with E-state index in [1.165, 1.54) is 37.7 Å². The molecule has 3 fully saturated rings. The van der Waals surface area contributed by atoms with Crippen molar-refractivity contribution >= 4 is 5.82 Å². The van der Waals surface area contributed by atoms with Crippen LogP contribution in [0.15, 0.2) is 18.2 Å². The molecule has 4 aliphatic rings. The van der Waals surface area contributed by atoms with Gasteiger partial charge >= 0.3 is 0 Å². The molecule has 2 atom stereocenters. The third kappa shape index (κ3) is 3.91. The number of hydrogen-bond acceptors (Lipinski definition) is 6. The zero-order valence-electron chi connectivity index (χ0n) is 17.4. The Morgan fingerprint density at radius 3 is 2.43 bits per heavy atom. The highest BCUT2D eigenvalue weighted by Crippen LogP contribution is 2.47. The predicted octanol–water partition coefficient (Wildman–Crippen LogP) is 4.40. The Morgan fingerprint density at radius 1 is 0.967 bits per heavy atom. The summed E-state index contributed by atoms with van der Waals surface area (Å²) in [6.07, 6.45) is 11.5. The summed E-state index contributed by atoms with van der Waals surface area (Å²) in [6, 6.07) is 5.96. The molecule has 2 aliphatic carbocycles. The van der Waals surface area contributed by atoms with E-state index in [-0.39, 0.29) is 24.1 Å². The maximum Gasteiger partial charge on any atom is 0.152 e. The number of fused-ring (bicyclic) bond motifs is 4. The molecular weight excluding hydrogens is 378 g/mol. The van der Waals surface area contributed by atoms with Gasteiger partial charge in [-0.3, -0.25) is 0 Å². The molecule has 1 aromatic heterocycles. The number of aromatic hydroxyl groups is 1. The molecule has 160 valence electrons. The van der Waals surface area contributed by atoms with Crippen molar-refractivity contribution in [2.24, 2.45) is 0 Å². The number of aromatic nitrogens is 2. The van der Waals surface area contributed by atoms with Crippen molar-refractivity contribution in [2.75, 3.05) is 5.73 Å². The van der Waals surface area contributed by atoms with Gasteiger partial charge in [-0.15, -0.1) is 10.2 Å². The lowest BCUT2D eigenvalue weighted by atomic mass is 9.93. The molecule has 6 heteroatoms. The summed E-state index contributed by atoms with van der Waals surface area (Å²) >= 11 is 0. The lowest BCUT2D eigenvalue weighted by Crippen LogP contribution is -2.21. The average molecular weight is 410 g/mol. The van der Waals surface area contributed by atoms with Gasteiger partial charge in [0.15, 0.2) is 5.82 Å². The summed E-state index contributed by atoms with van der Waals surface area (Å²) in [6.45, 7) is 0. The van der Waals surface area contributed by atoms with Crippen molar-refractivity contribution < 1.29 is 14.9 Å². The zero-order chi connectivity index (χ0) is 20.7. The van der Waals surface area contributed by atoms with Gasteiger partial charge in [-0.25, -0.2) is 0 Å². The number of benzene rings is 1. The van der Waals surface area contributed by atoms with Gasteiger partial charge in [-0.05, 0) is 67.7 Å². The normalized spacial score (nSPS) is 25.4. The number of nitrogen functional groups attached to an aromatic ring is 1. The fraction of sp³-hybridized carbons (Fsp3) is 0.583. The van der Waals surface area contributed by atoms with Gasteiger partial charge in [-0.1, -0.05) is 25.3 Å². The predicted molar refractivity (Wildman–Crippen MR) is 115 cm³/mol. The Balaban J connectivity index is 0.000000236. The van der Waals surface area contributed by atoms with Crippen LogP contribution < -0.4 is 5.73 Å². The van der Waals surface area contributed by atoms with Crippen molar-refractivity contribution in [3.05, 3.63) is 34.9 Å². The first-order valence-electron chi connectivity index (χ1n) is 11.4. The van der Waals surface area contributed by atoms with Crippen LogP contribution in [0.25, 0.3) is 11.3 Å². The van der Waals surface area contributed by atoms with E-state index in [1.54, 1.807) is 0 Å². The molecule has 0 amide bonds. The SMILES string of the molecule is Nc1nnc(-c2ccc(C3CC3)cc2O)c2c1C1CCC(C2)O1.OC1CCCCC1. The number of nitrogens with zero attached hydrogens (tertiary/aromatic N) is 2. The highest BCUT2D eigenvalue weighted by molar-refractivity contribution is 5.73. The molecule has 2 aliphatic heterocycles. The molecule has 3 heterocycles. The second kappa shape index (κ2) is 8.16. The van der Waals surface area contributed by atoms with E-state index in [4.69, 9.17) is 15.6 Å². The van der Waals surface area contributed by atoms with Crippen molar-refractivity contribution in [2.45, 2.75) is 88.4 Å². The number of phenolic OH excluding ortho intramolecular Hbond substituents is 1. The Kier molecular flexibility index (Phi) is 5.37. The number of ether oxygens (including phenoxy) is 1. The number of aliphatic hydroxyl groups excluding tert-OH is 1. The van der Waals surface area contributed by atoms with Crippen LogP contribution in [0.5, 0.6) is 5.75 Å². The third-order valence-corrected chi connectivity index (χ3v) is 6.91. The minimum atomic E-state index is 0.0332. The van der Waals surface area contributed by atoms with E-state index in [9.17, 15) is 5.11 Å². The highest BCUT2D eigenvalue weighted by Gasteiger charge is 2.38. The average Bonchev–Trinajstić information content (AvgIpc) is 3.53. The molecule has 2 saturated carbocycles. The molecule has 2 aromatic rings.